The minimum atomic E-state index is -0.336. The Kier molecular flexibility index (Phi) is 7.55. The summed E-state index contributed by atoms with van der Waals surface area (Å²) in [5, 5.41) is 2.74. The number of halogens is 1. The van der Waals surface area contributed by atoms with Gasteiger partial charge in [0.1, 0.15) is 10.1 Å². The van der Waals surface area contributed by atoms with Crippen LogP contribution in [-0.2, 0) is 9.59 Å². The Morgan fingerprint density at radius 3 is 2.52 bits per heavy atom. The highest BCUT2D eigenvalue weighted by atomic mass is 32.2. The molecule has 0 aliphatic carbocycles. The van der Waals surface area contributed by atoms with E-state index in [1.54, 1.807) is 4.90 Å². The fourth-order valence-electron chi connectivity index (χ4n) is 2.88. The third-order valence-electron chi connectivity index (χ3n) is 4.38. The number of anilines is 1. The molecule has 1 heterocycles. The molecule has 7 heteroatoms. The van der Waals surface area contributed by atoms with E-state index in [9.17, 15) is 14.0 Å². The van der Waals surface area contributed by atoms with E-state index in [-0.39, 0.29) is 17.6 Å². The summed E-state index contributed by atoms with van der Waals surface area (Å²) in [7, 11) is 0. The van der Waals surface area contributed by atoms with Crippen molar-refractivity contribution in [1.29, 1.82) is 0 Å². The number of thioether (sulfide) groups is 1. The standard InChI is InChI=1S/C22H21FN2O2S2/c23-17-10-12-18(13-11-17)24-20(26)9-5-2-6-14-25-21(27)19(29-22(25)28)15-16-7-3-1-4-8-16/h1,3-4,7-8,10-13,15H,2,5-6,9,14H2,(H,24,26)/b19-15-. The first kappa shape index (κ1) is 21.2. The van der Waals surface area contributed by atoms with Crippen LogP contribution < -0.4 is 5.32 Å². The molecule has 0 atom stereocenters. The molecule has 1 saturated heterocycles. The van der Waals surface area contributed by atoms with Crippen LogP contribution in [0.25, 0.3) is 6.08 Å². The van der Waals surface area contributed by atoms with Crippen molar-refractivity contribution in [3.05, 3.63) is 70.9 Å². The first-order valence-electron chi connectivity index (χ1n) is 9.39. The fourth-order valence-corrected chi connectivity index (χ4v) is 4.19. The lowest BCUT2D eigenvalue weighted by Gasteiger charge is -2.14. The summed E-state index contributed by atoms with van der Waals surface area (Å²) in [4.78, 5) is 26.8. The summed E-state index contributed by atoms with van der Waals surface area (Å²) in [5.41, 5.74) is 1.55. The Morgan fingerprint density at radius 1 is 1.07 bits per heavy atom. The SMILES string of the molecule is O=C(CCCCCN1C(=O)/C(=C/c2ccccc2)SC1=S)Nc1ccc(F)cc1. The lowest BCUT2D eigenvalue weighted by molar-refractivity contribution is -0.122. The molecular formula is C22H21FN2O2S2. The van der Waals surface area contributed by atoms with Crippen molar-refractivity contribution in [2.75, 3.05) is 11.9 Å². The molecule has 4 nitrogen and oxygen atoms in total. The number of nitrogens with one attached hydrogen (secondary N) is 1. The number of amides is 2. The molecule has 2 aromatic carbocycles. The van der Waals surface area contributed by atoms with Crippen molar-refractivity contribution in [3.63, 3.8) is 0 Å². The Bertz CT molecular complexity index is 914. The highest BCUT2D eigenvalue weighted by Gasteiger charge is 2.31. The fraction of sp³-hybridized carbons (Fsp3) is 0.227. The van der Waals surface area contributed by atoms with Gasteiger partial charge in [-0.25, -0.2) is 4.39 Å². The monoisotopic (exact) mass is 428 g/mol. The van der Waals surface area contributed by atoms with E-state index >= 15 is 0 Å². The topological polar surface area (TPSA) is 49.4 Å². The largest absolute Gasteiger partial charge is 0.326 e. The van der Waals surface area contributed by atoms with E-state index in [0.29, 0.717) is 34.3 Å². The molecule has 0 radical (unpaired) electrons. The number of unbranched alkanes of at least 4 members (excludes halogenated alkanes) is 2. The molecule has 0 aromatic heterocycles. The van der Waals surface area contributed by atoms with E-state index in [1.165, 1.54) is 36.0 Å². The van der Waals surface area contributed by atoms with E-state index in [2.05, 4.69) is 5.32 Å². The molecule has 2 amide bonds. The second-order valence-corrected chi connectivity index (χ2v) is 8.29. The quantitative estimate of drug-likeness (QED) is 0.356. The number of hydrogen-bond acceptors (Lipinski definition) is 4. The van der Waals surface area contributed by atoms with Gasteiger partial charge in [-0.2, -0.15) is 0 Å². The van der Waals surface area contributed by atoms with Crippen LogP contribution in [0.1, 0.15) is 31.2 Å². The minimum Gasteiger partial charge on any atom is -0.326 e. The van der Waals surface area contributed by atoms with Crippen molar-refractivity contribution < 1.29 is 14.0 Å². The second kappa shape index (κ2) is 10.3. The third-order valence-corrected chi connectivity index (χ3v) is 5.76. The van der Waals surface area contributed by atoms with E-state index < -0.39 is 0 Å². The molecule has 29 heavy (non-hydrogen) atoms. The molecule has 0 bridgehead atoms. The molecule has 3 rings (SSSR count). The van der Waals surface area contributed by atoms with Crippen LogP contribution >= 0.6 is 24.0 Å². The maximum Gasteiger partial charge on any atom is 0.266 e. The van der Waals surface area contributed by atoms with Crippen LogP contribution in [0.15, 0.2) is 59.5 Å². The molecule has 1 aliphatic heterocycles. The average Bonchev–Trinajstić information content (AvgIpc) is 2.97. The van der Waals surface area contributed by atoms with Crippen molar-refractivity contribution >= 4 is 51.9 Å². The zero-order chi connectivity index (χ0) is 20.6. The number of carbonyl (C=O) groups excluding carboxylic acids is 2. The number of thiocarbonyl (C=S) groups is 1. The zero-order valence-electron chi connectivity index (χ0n) is 15.8. The van der Waals surface area contributed by atoms with Gasteiger partial charge in [-0.3, -0.25) is 14.5 Å². The van der Waals surface area contributed by atoms with Crippen molar-refractivity contribution in [3.8, 4) is 0 Å². The Balaban J connectivity index is 1.39. The lowest BCUT2D eigenvalue weighted by atomic mass is 10.1. The highest BCUT2D eigenvalue weighted by molar-refractivity contribution is 8.26. The Morgan fingerprint density at radius 2 is 1.79 bits per heavy atom. The molecule has 150 valence electrons. The summed E-state index contributed by atoms with van der Waals surface area (Å²) in [6, 6.07) is 15.4. The molecule has 1 N–H and O–H groups in total. The van der Waals surface area contributed by atoms with Gasteiger partial charge in [0.25, 0.3) is 5.91 Å². The van der Waals surface area contributed by atoms with E-state index in [0.717, 1.165) is 18.4 Å². The first-order chi connectivity index (χ1) is 14.0. The molecule has 0 spiro atoms. The average molecular weight is 429 g/mol. The van der Waals surface area contributed by atoms with Gasteiger partial charge < -0.3 is 5.32 Å². The number of rotatable bonds is 8. The van der Waals surface area contributed by atoms with Gasteiger partial charge >= 0.3 is 0 Å². The van der Waals surface area contributed by atoms with Crippen LogP contribution in [0, 0.1) is 5.82 Å². The number of carbonyl (C=O) groups is 2. The van der Waals surface area contributed by atoms with Crippen molar-refractivity contribution in [1.82, 2.24) is 4.90 Å². The van der Waals surface area contributed by atoms with Gasteiger partial charge in [0.05, 0.1) is 4.91 Å². The smallest absolute Gasteiger partial charge is 0.266 e. The molecule has 1 fully saturated rings. The number of benzene rings is 2. The van der Waals surface area contributed by atoms with Crippen LogP contribution in [0.2, 0.25) is 0 Å². The van der Waals surface area contributed by atoms with Gasteiger partial charge in [0, 0.05) is 18.7 Å². The molecule has 0 saturated carbocycles. The van der Waals surface area contributed by atoms with Gasteiger partial charge in [-0.15, -0.1) is 0 Å². The maximum absolute atomic E-state index is 12.9. The van der Waals surface area contributed by atoms with Crippen molar-refractivity contribution in [2.45, 2.75) is 25.7 Å². The van der Waals surface area contributed by atoms with Crippen molar-refractivity contribution in [2.24, 2.45) is 0 Å². The molecular weight excluding hydrogens is 407 g/mol. The Labute approximate surface area is 179 Å². The zero-order valence-corrected chi connectivity index (χ0v) is 17.4. The minimum absolute atomic E-state index is 0.0575. The van der Waals surface area contributed by atoms with Crippen LogP contribution in [0.4, 0.5) is 10.1 Å². The molecule has 2 aromatic rings. The number of hydrogen-bond donors (Lipinski definition) is 1. The predicted molar refractivity (Wildman–Crippen MR) is 120 cm³/mol. The Hall–Kier alpha value is -2.51. The van der Waals surface area contributed by atoms with Gasteiger partial charge in [-0.1, -0.05) is 60.7 Å². The van der Waals surface area contributed by atoms with Crippen LogP contribution in [-0.4, -0.2) is 27.6 Å². The normalized spacial score (nSPS) is 15.2. The summed E-state index contributed by atoms with van der Waals surface area (Å²) in [6.45, 7) is 0.552. The van der Waals surface area contributed by atoms with Crippen LogP contribution in [0.3, 0.4) is 0 Å². The highest BCUT2D eigenvalue weighted by Crippen LogP contribution is 2.32. The predicted octanol–water partition coefficient (Wildman–Crippen LogP) is 5.23. The first-order valence-corrected chi connectivity index (χ1v) is 10.6. The van der Waals surface area contributed by atoms with Gasteiger partial charge in [0.15, 0.2) is 0 Å². The number of nitrogens with zero attached hydrogens (tertiary/aromatic N) is 1. The van der Waals surface area contributed by atoms with E-state index in [4.69, 9.17) is 12.2 Å². The third kappa shape index (κ3) is 6.24. The van der Waals surface area contributed by atoms with E-state index in [1.807, 2.05) is 36.4 Å². The van der Waals surface area contributed by atoms with Gasteiger partial charge in [-0.05, 0) is 48.7 Å². The summed E-state index contributed by atoms with van der Waals surface area (Å²) in [6.07, 6.45) is 4.53. The molecule has 1 aliphatic rings. The molecule has 0 unspecified atom stereocenters. The summed E-state index contributed by atoms with van der Waals surface area (Å²) >= 11 is 6.67. The summed E-state index contributed by atoms with van der Waals surface area (Å²) in [5.74, 6) is -0.497. The van der Waals surface area contributed by atoms with Gasteiger partial charge in [0.2, 0.25) is 5.91 Å². The van der Waals surface area contributed by atoms with Crippen LogP contribution in [0.5, 0.6) is 0 Å². The summed E-state index contributed by atoms with van der Waals surface area (Å²) < 4.78 is 13.4. The maximum atomic E-state index is 12.9. The second-order valence-electron chi connectivity index (χ2n) is 6.61. The lowest BCUT2D eigenvalue weighted by Crippen LogP contribution is -2.29.